The van der Waals surface area contributed by atoms with Gasteiger partial charge in [-0.05, 0) is 55.3 Å². The number of carboxylic acids is 1. The highest BCUT2D eigenvalue weighted by Gasteiger charge is 2.08. The Bertz CT molecular complexity index is 747. The minimum atomic E-state index is -0.836. The molecule has 23 heavy (non-hydrogen) atoms. The molecule has 0 aliphatic rings. The minimum absolute atomic E-state index is 0.0755. The van der Waals surface area contributed by atoms with Crippen molar-refractivity contribution >= 4 is 11.9 Å². The first-order chi connectivity index (χ1) is 11.1. The number of carbonyl (C=O) groups excluding carboxylic acids is 1. The lowest BCUT2D eigenvalue weighted by Gasteiger charge is -2.05. The zero-order valence-electron chi connectivity index (χ0n) is 12.7. The highest BCUT2D eigenvalue weighted by molar-refractivity contribution is 5.91. The zero-order valence-corrected chi connectivity index (χ0v) is 12.7. The van der Waals surface area contributed by atoms with Crippen molar-refractivity contribution in [2.24, 2.45) is 0 Å². The molecule has 0 amide bonds. The van der Waals surface area contributed by atoms with Gasteiger partial charge in [-0.25, -0.2) is 4.79 Å². The molecule has 0 bridgehead atoms. The van der Waals surface area contributed by atoms with E-state index in [0.29, 0.717) is 17.7 Å². The third kappa shape index (κ3) is 5.01. The summed E-state index contributed by atoms with van der Waals surface area (Å²) in [5, 5.41) is 8.65. The Kier molecular flexibility index (Phi) is 5.54. The Morgan fingerprint density at radius 3 is 2.26 bits per heavy atom. The van der Waals surface area contributed by atoms with Crippen LogP contribution in [0.2, 0.25) is 0 Å². The highest BCUT2D eigenvalue weighted by Crippen LogP contribution is 2.15. The monoisotopic (exact) mass is 308 g/mol. The summed E-state index contributed by atoms with van der Waals surface area (Å²) in [7, 11) is 0. The molecule has 0 spiro atoms. The second-order valence-corrected chi connectivity index (χ2v) is 4.88. The van der Waals surface area contributed by atoms with Crippen LogP contribution in [0.15, 0.2) is 48.5 Å². The first-order valence-corrected chi connectivity index (χ1v) is 7.14. The lowest BCUT2D eigenvalue weighted by atomic mass is 10.1. The average molecular weight is 308 g/mol. The molecule has 4 nitrogen and oxygen atoms in total. The average Bonchev–Trinajstić information content (AvgIpc) is 2.55. The number of carboxylic acid groups (broad SMARTS) is 1. The van der Waals surface area contributed by atoms with Gasteiger partial charge in [-0.2, -0.15) is 0 Å². The van der Waals surface area contributed by atoms with Gasteiger partial charge in [0.15, 0.2) is 0 Å². The van der Waals surface area contributed by atoms with E-state index in [1.54, 1.807) is 55.5 Å². The molecule has 1 N–H and O–H groups in total. The number of hydrogen-bond acceptors (Lipinski definition) is 3. The molecule has 0 aliphatic heterocycles. The van der Waals surface area contributed by atoms with Crippen molar-refractivity contribution in [1.82, 2.24) is 0 Å². The van der Waals surface area contributed by atoms with Crippen LogP contribution in [0.1, 0.15) is 34.8 Å². The molecule has 0 unspecified atom stereocenters. The van der Waals surface area contributed by atoms with Crippen LogP contribution in [-0.2, 0) is 11.2 Å². The molecular weight excluding hydrogens is 292 g/mol. The quantitative estimate of drug-likeness (QED) is 0.523. The molecule has 0 radical (unpaired) electrons. The lowest BCUT2D eigenvalue weighted by Crippen LogP contribution is -2.08. The highest BCUT2D eigenvalue weighted by atomic mass is 16.5. The molecule has 0 fully saturated rings. The first-order valence-electron chi connectivity index (χ1n) is 7.14. The molecule has 2 aromatic carbocycles. The van der Waals surface area contributed by atoms with Crippen molar-refractivity contribution in [1.29, 1.82) is 0 Å². The van der Waals surface area contributed by atoms with E-state index in [2.05, 4.69) is 11.8 Å². The summed E-state index contributed by atoms with van der Waals surface area (Å²) in [6.45, 7) is 1.75. The number of aryl methyl sites for hydroxylation is 1. The number of aliphatic carboxylic acids is 1. The van der Waals surface area contributed by atoms with E-state index in [4.69, 9.17) is 9.84 Å². The third-order valence-corrected chi connectivity index (χ3v) is 3.15. The maximum Gasteiger partial charge on any atom is 0.343 e. The number of rotatable bonds is 5. The van der Waals surface area contributed by atoms with Crippen LogP contribution in [0, 0.1) is 11.8 Å². The van der Waals surface area contributed by atoms with Crippen molar-refractivity contribution in [3.05, 3.63) is 65.2 Å². The fourth-order valence-corrected chi connectivity index (χ4v) is 1.98. The summed E-state index contributed by atoms with van der Waals surface area (Å²) in [6, 6.07) is 13.7. The van der Waals surface area contributed by atoms with E-state index in [0.717, 1.165) is 11.1 Å². The Balaban J connectivity index is 1.99. The molecule has 0 saturated heterocycles. The first kappa shape index (κ1) is 16.3. The van der Waals surface area contributed by atoms with Gasteiger partial charge in [-0.1, -0.05) is 18.1 Å². The summed E-state index contributed by atoms with van der Waals surface area (Å²) < 4.78 is 5.29. The van der Waals surface area contributed by atoms with Gasteiger partial charge in [0.2, 0.25) is 0 Å². The van der Waals surface area contributed by atoms with E-state index in [1.165, 1.54) is 0 Å². The van der Waals surface area contributed by atoms with E-state index in [1.807, 2.05) is 0 Å². The van der Waals surface area contributed by atoms with Gasteiger partial charge in [0.25, 0.3) is 0 Å². The Morgan fingerprint density at radius 1 is 1.04 bits per heavy atom. The fraction of sp³-hybridized carbons (Fsp3) is 0.158. The summed E-state index contributed by atoms with van der Waals surface area (Å²) in [5.41, 5.74) is 2.17. The predicted molar refractivity (Wildman–Crippen MR) is 86.4 cm³/mol. The molecule has 0 atom stereocenters. The van der Waals surface area contributed by atoms with Crippen molar-refractivity contribution in [2.45, 2.75) is 19.8 Å². The van der Waals surface area contributed by atoms with Gasteiger partial charge >= 0.3 is 11.9 Å². The van der Waals surface area contributed by atoms with E-state index in [9.17, 15) is 9.59 Å². The largest absolute Gasteiger partial charge is 0.481 e. The van der Waals surface area contributed by atoms with Gasteiger partial charge in [-0.3, -0.25) is 4.79 Å². The van der Waals surface area contributed by atoms with Crippen LogP contribution in [0.3, 0.4) is 0 Å². The topological polar surface area (TPSA) is 63.6 Å². The molecule has 4 heteroatoms. The predicted octanol–water partition coefficient (Wildman–Crippen LogP) is 3.29. The van der Waals surface area contributed by atoms with Gasteiger partial charge in [0, 0.05) is 12.0 Å². The number of esters is 1. The van der Waals surface area contributed by atoms with Gasteiger partial charge in [0.05, 0.1) is 5.56 Å². The molecule has 0 saturated carbocycles. The Labute approximate surface area is 134 Å². The van der Waals surface area contributed by atoms with Crippen LogP contribution in [0.5, 0.6) is 5.75 Å². The van der Waals surface area contributed by atoms with Crippen LogP contribution in [0.4, 0.5) is 0 Å². The molecule has 2 aromatic rings. The second-order valence-electron chi connectivity index (χ2n) is 4.88. The molecule has 116 valence electrons. The molecule has 0 aromatic heterocycles. The SMILES string of the molecule is CC#Cc1ccc(C(=O)Oc2ccc(CCC(=O)O)cc2)cc1. The standard InChI is InChI=1S/C19H16O4/c1-2-3-14-4-9-16(10-5-14)19(22)23-17-11-6-15(7-12-17)8-13-18(20)21/h4-7,9-12H,8,13H2,1H3,(H,20,21). The summed E-state index contributed by atoms with van der Waals surface area (Å²) in [6.07, 6.45) is 0.523. The third-order valence-electron chi connectivity index (χ3n) is 3.15. The minimum Gasteiger partial charge on any atom is -0.481 e. The number of hydrogen-bond donors (Lipinski definition) is 1. The normalized spacial score (nSPS) is 9.61. The molecular formula is C19H16O4. The summed E-state index contributed by atoms with van der Waals surface area (Å²) >= 11 is 0. The maximum atomic E-state index is 12.0. The van der Waals surface area contributed by atoms with Crippen LogP contribution in [0.25, 0.3) is 0 Å². The maximum absolute atomic E-state index is 12.0. The van der Waals surface area contributed by atoms with Crippen molar-refractivity contribution < 1.29 is 19.4 Å². The Hall–Kier alpha value is -3.06. The van der Waals surface area contributed by atoms with Crippen LogP contribution >= 0.6 is 0 Å². The number of ether oxygens (including phenoxy) is 1. The summed E-state index contributed by atoms with van der Waals surface area (Å²) in [4.78, 5) is 22.6. The zero-order chi connectivity index (χ0) is 16.7. The lowest BCUT2D eigenvalue weighted by molar-refractivity contribution is -0.136. The van der Waals surface area contributed by atoms with Gasteiger partial charge in [-0.15, -0.1) is 5.92 Å². The fourth-order valence-electron chi connectivity index (χ4n) is 1.98. The summed E-state index contributed by atoms with van der Waals surface area (Å²) in [5.74, 6) is 4.84. The van der Waals surface area contributed by atoms with Crippen LogP contribution in [-0.4, -0.2) is 17.0 Å². The van der Waals surface area contributed by atoms with Crippen molar-refractivity contribution in [3.63, 3.8) is 0 Å². The van der Waals surface area contributed by atoms with E-state index in [-0.39, 0.29) is 6.42 Å². The van der Waals surface area contributed by atoms with Crippen molar-refractivity contribution in [3.8, 4) is 17.6 Å². The second kappa shape index (κ2) is 7.81. The van der Waals surface area contributed by atoms with Gasteiger partial charge in [0.1, 0.15) is 5.75 Å². The molecule has 2 rings (SSSR count). The van der Waals surface area contributed by atoms with E-state index >= 15 is 0 Å². The smallest absolute Gasteiger partial charge is 0.343 e. The van der Waals surface area contributed by atoms with Crippen molar-refractivity contribution in [2.75, 3.05) is 0 Å². The Morgan fingerprint density at radius 2 is 1.70 bits per heavy atom. The number of carbonyl (C=O) groups is 2. The molecule has 0 aliphatic carbocycles. The number of benzene rings is 2. The van der Waals surface area contributed by atoms with Gasteiger partial charge < -0.3 is 9.84 Å². The molecule has 0 heterocycles. The van der Waals surface area contributed by atoms with Crippen LogP contribution < -0.4 is 4.74 Å². The van der Waals surface area contributed by atoms with E-state index < -0.39 is 11.9 Å².